The average molecular weight is 286 g/mol. The molecule has 1 aliphatic rings. The van der Waals surface area contributed by atoms with Crippen molar-refractivity contribution in [2.24, 2.45) is 0 Å². The van der Waals surface area contributed by atoms with E-state index in [1.165, 1.54) is 22.2 Å². The number of aromatic amines is 1. The van der Waals surface area contributed by atoms with Crippen molar-refractivity contribution in [1.82, 2.24) is 10.3 Å². The Kier molecular flexibility index (Phi) is 3.40. The van der Waals surface area contributed by atoms with Gasteiger partial charge >= 0.3 is 6.09 Å². The first kappa shape index (κ1) is 14.0. The molecule has 0 aliphatic heterocycles. The maximum Gasteiger partial charge on any atom is 0.407 e. The van der Waals surface area contributed by atoms with Crippen LogP contribution < -0.4 is 5.32 Å². The highest BCUT2D eigenvalue weighted by Gasteiger charge is 2.25. The van der Waals surface area contributed by atoms with E-state index in [-0.39, 0.29) is 12.1 Å². The number of aryl methyl sites for hydroxylation is 1. The van der Waals surface area contributed by atoms with E-state index < -0.39 is 5.60 Å². The number of fused-ring (bicyclic) bond motifs is 3. The summed E-state index contributed by atoms with van der Waals surface area (Å²) in [5.41, 5.74) is 3.36. The number of carbonyl (C=O) groups excluding carboxylic acids is 1. The molecule has 0 saturated carbocycles. The van der Waals surface area contributed by atoms with E-state index in [2.05, 4.69) is 28.5 Å². The van der Waals surface area contributed by atoms with Gasteiger partial charge in [-0.25, -0.2) is 4.79 Å². The highest BCUT2D eigenvalue weighted by Crippen LogP contribution is 2.29. The minimum Gasteiger partial charge on any atom is -0.444 e. The zero-order valence-corrected chi connectivity index (χ0v) is 12.8. The van der Waals surface area contributed by atoms with E-state index in [0.717, 1.165) is 19.3 Å². The molecule has 0 unspecified atom stereocenters. The lowest BCUT2D eigenvalue weighted by molar-refractivity contribution is 0.0500. The monoisotopic (exact) mass is 286 g/mol. The second kappa shape index (κ2) is 5.10. The summed E-state index contributed by atoms with van der Waals surface area (Å²) in [6.07, 6.45) is 2.45. The predicted octanol–water partition coefficient (Wildman–Crippen LogP) is 3.55. The highest BCUT2D eigenvalue weighted by atomic mass is 16.6. The van der Waals surface area contributed by atoms with E-state index in [9.17, 15) is 4.79 Å². The molecule has 1 atom stereocenters. The molecule has 1 aromatic heterocycles. The van der Waals surface area contributed by atoms with Gasteiger partial charge in [0.25, 0.3) is 0 Å². The predicted molar refractivity (Wildman–Crippen MR) is 83.5 cm³/mol. The smallest absolute Gasteiger partial charge is 0.407 e. The molecule has 0 spiro atoms. The number of carbonyl (C=O) groups is 1. The molecule has 112 valence electrons. The van der Waals surface area contributed by atoms with Gasteiger partial charge in [0, 0.05) is 29.1 Å². The van der Waals surface area contributed by atoms with Gasteiger partial charge in [0.1, 0.15) is 5.60 Å². The summed E-state index contributed by atoms with van der Waals surface area (Å²) in [5, 5.41) is 4.29. The summed E-state index contributed by atoms with van der Waals surface area (Å²) in [4.78, 5) is 15.3. The maximum atomic E-state index is 11.9. The standard InChI is InChI=1S/C17H22N2O2/c1-17(2,3)21-16(20)18-11-8-9-13-12-6-4-5-7-14(12)19-15(13)10-11/h4-7,11,19H,8-10H2,1-3H3,(H,18,20)/t11-/m0/s1. The van der Waals surface area contributed by atoms with Gasteiger partial charge in [0.2, 0.25) is 0 Å². The van der Waals surface area contributed by atoms with Crippen LogP contribution in [0, 0.1) is 0 Å². The third-order valence-electron chi connectivity index (χ3n) is 3.82. The van der Waals surface area contributed by atoms with Crippen LogP contribution in [-0.4, -0.2) is 22.7 Å². The van der Waals surface area contributed by atoms with Crippen LogP contribution in [0.3, 0.4) is 0 Å². The summed E-state index contributed by atoms with van der Waals surface area (Å²) < 4.78 is 5.33. The van der Waals surface area contributed by atoms with Crippen molar-refractivity contribution < 1.29 is 9.53 Å². The Morgan fingerprint density at radius 2 is 2.10 bits per heavy atom. The van der Waals surface area contributed by atoms with E-state index in [4.69, 9.17) is 4.74 Å². The van der Waals surface area contributed by atoms with Crippen LogP contribution in [-0.2, 0) is 17.6 Å². The van der Waals surface area contributed by atoms with Crippen LogP contribution in [0.25, 0.3) is 10.9 Å². The minimum absolute atomic E-state index is 0.139. The average Bonchev–Trinajstić information content (AvgIpc) is 2.73. The number of aromatic nitrogens is 1. The minimum atomic E-state index is -0.453. The molecule has 0 fully saturated rings. The Morgan fingerprint density at radius 3 is 2.86 bits per heavy atom. The number of para-hydroxylation sites is 1. The molecular formula is C17H22N2O2. The molecule has 4 nitrogen and oxygen atoms in total. The maximum absolute atomic E-state index is 11.9. The number of nitrogens with one attached hydrogen (secondary N) is 2. The summed E-state index contributed by atoms with van der Waals surface area (Å²) in [5.74, 6) is 0. The molecule has 4 heteroatoms. The number of benzene rings is 1. The van der Waals surface area contributed by atoms with Crippen molar-refractivity contribution in [3.05, 3.63) is 35.5 Å². The number of rotatable bonds is 1. The number of H-pyrrole nitrogens is 1. The van der Waals surface area contributed by atoms with Crippen molar-refractivity contribution in [2.75, 3.05) is 0 Å². The zero-order chi connectivity index (χ0) is 15.0. The van der Waals surface area contributed by atoms with Gasteiger partial charge in [-0.15, -0.1) is 0 Å². The molecule has 21 heavy (non-hydrogen) atoms. The molecule has 1 aromatic carbocycles. The van der Waals surface area contributed by atoms with Gasteiger partial charge in [-0.2, -0.15) is 0 Å². The lowest BCUT2D eigenvalue weighted by Crippen LogP contribution is -2.41. The van der Waals surface area contributed by atoms with Crippen molar-refractivity contribution in [3.8, 4) is 0 Å². The first-order valence-electron chi connectivity index (χ1n) is 7.50. The Morgan fingerprint density at radius 1 is 1.33 bits per heavy atom. The van der Waals surface area contributed by atoms with Crippen LogP contribution in [0.15, 0.2) is 24.3 Å². The normalized spacial score (nSPS) is 18.3. The van der Waals surface area contributed by atoms with Crippen molar-refractivity contribution in [2.45, 2.75) is 51.7 Å². The summed E-state index contributed by atoms with van der Waals surface area (Å²) in [7, 11) is 0. The fourth-order valence-electron chi connectivity index (χ4n) is 2.98. The molecule has 2 N–H and O–H groups in total. The Balaban J connectivity index is 1.71. The molecule has 1 aliphatic carbocycles. The zero-order valence-electron chi connectivity index (χ0n) is 12.8. The van der Waals surface area contributed by atoms with Gasteiger partial charge in [-0.1, -0.05) is 18.2 Å². The lowest BCUT2D eigenvalue weighted by Gasteiger charge is -2.26. The Hall–Kier alpha value is -1.97. The van der Waals surface area contributed by atoms with Gasteiger partial charge in [0.05, 0.1) is 0 Å². The van der Waals surface area contributed by atoms with Crippen LogP contribution >= 0.6 is 0 Å². The number of hydrogen-bond donors (Lipinski definition) is 2. The summed E-state index contributed by atoms with van der Waals surface area (Å²) in [6.45, 7) is 5.63. The third kappa shape index (κ3) is 3.04. The molecule has 3 rings (SSSR count). The topological polar surface area (TPSA) is 54.1 Å². The van der Waals surface area contributed by atoms with Crippen molar-refractivity contribution >= 4 is 17.0 Å². The molecule has 1 heterocycles. The van der Waals surface area contributed by atoms with Crippen molar-refractivity contribution in [3.63, 3.8) is 0 Å². The molecule has 0 saturated heterocycles. The van der Waals surface area contributed by atoms with E-state index >= 15 is 0 Å². The number of ether oxygens (including phenoxy) is 1. The first-order valence-corrected chi connectivity index (χ1v) is 7.50. The highest BCUT2D eigenvalue weighted by molar-refractivity contribution is 5.85. The number of amides is 1. The van der Waals surface area contributed by atoms with Crippen LogP contribution in [0.5, 0.6) is 0 Å². The molecule has 0 bridgehead atoms. The van der Waals surface area contributed by atoms with Crippen LogP contribution in [0.2, 0.25) is 0 Å². The van der Waals surface area contributed by atoms with Crippen molar-refractivity contribution in [1.29, 1.82) is 0 Å². The Bertz CT molecular complexity index is 667. The van der Waals surface area contributed by atoms with Gasteiger partial charge in [0.15, 0.2) is 0 Å². The van der Waals surface area contributed by atoms with Gasteiger partial charge in [-0.3, -0.25) is 0 Å². The molecule has 1 amide bonds. The first-order chi connectivity index (χ1) is 9.92. The van der Waals surface area contributed by atoms with Gasteiger partial charge in [-0.05, 0) is 45.2 Å². The third-order valence-corrected chi connectivity index (χ3v) is 3.82. The van der Waals surface area contributed by atoms with Crippen LogP contribution in [0.1, 0.15) is 38.4 Å². The van der Waals surface area contributed by atoms with E-state index in [1.54, 1.807) is 0 Å². The second-order valence-electron chi connectivity index (χ2n) is 6.71. The molecular weight excluding hydrogens is 264 g/mol. The van der Waals surface area contributed by atoms with E-state index in [0.29, 0.717) is 0 Å². The molecule has 0 radical (unpaired) electrons. The molecule has 2 aromatic rings. The summed E-state index contributed by atoms with van der Waals surface area (Å²) >= 11 is 0. The largest absolute Gasteiger partial charge is 0.444 e. The number of hydrogen-bond acceptors (Lipinski definition) is 2. The fourth-order valence-corrected chi connectivity index (χ4v) is 2.98. The lowest BCUT2D eigenvalue weighted by atomic mass is 9.92. The van der Waals surface area contributed by atoms with E-state index in [1.807, 2.05) is 26.8 Å². The quantitative estimate of drug-likeness (QED) is 0.842. The number of alkyl carbamates (subject to hydrolysis) is 1. The SMILES string of the molecule is CC(C)(C)OC(=O)N[C@H]1CCc2c([nH]c3ccccc23)C1. The summed E-state index contributed by atoms with van der Waals surface area (Å²) in [6, 6.07) is 8.51. The Labute approximate surface area is 124 Å². The second-order valence-corrected chi connectivity index (χ2v) is 6.71. The fraction of sp³-hybridized carbons (Fsp3) is 0.471. The van der Waals surface area contributed by atoms with Gasteiger partial charge < -0.3 is 15.0 Å². The van der Waals surface area contributed by atoms with Crippen LogP contribution in [0.4, 0.5) is 4.79 Å².